The van der Waals surface area contributed by atoms with Crippen molar-refractivity contribution in [1.82, 2.24) is 9.55 Å². The van der Waals surface area contributed by atoms with Crippen molar-refractivity contribution >= 4 is 17.6 Å². The Morgan fingerprint density at radius 1 is 1.59 bits per heavy atom. The Morgan fingerprint density at radius 3 is 3.06 bits per heavy atom. The molecule has 2 rings (SSSR count). The molecule has 17 heavy (non-hydrogen) atoms. The Kier molecular flexibility index (Phi) is 2.97. The Labute approximate surface area is 100 Å². The minimum atomic E-state index is -1.19. The van der Waals surface area contributed by atoms with Crippen molar-refractivity contribution in [2.75, 3.05) is 0 Å². The molecule has 7 heteroatoms. The van der Waals surface area contributed by atoms with E-state index < -0.39 is 11.7 Å². The number of furan rings is 1. The maximum atomic E-state index is 11.4. The number of halogens is 1. The first-order valence-corrected chi connectivity index (χ1v) is 4.97. The Morgan fingerprint density at radius 2 is 2.35 bits per heavy atom. The van der Waals surface area contributed by atoms with E-state index in [0.717, 1.165) is 0 Å². The summed E-state index contributed by atoms with van der Waals surface area (Å²) >= 11 is 5.70. The van der Waals surface area contributed by atoms with Gasteiger partial charge in [-0.3, -0.25) is 4.57 Å². The summed E-state index contributed by atoms with van der Waals surface area (Å²) in [4.78, 5) is 25.7. The zero-order chi connectivity index (χ0) is 12.4. The molecule has 0 bridgehead atoms. The molecule has 0 spiro atoms. The number of aromatic nitrogens is 2. The van der Waals surface area contributed by atoms with Gasteiger partial charge in [0.2, 0.25) is 5.76 Å². The van der Waals surface area contributed by atoms with Crippen LogP contribution in [-0.4, -0.2) is 20.6 Å². The van der Waals surface area contributed by atoms with E-state index >= 15 is 0 Å². The topological polar surface area (TPSA) is 85.3 Å². The van der Waals surface area contributed by atoms with Crippen LogP contribution < -0.4 is 5.69 Å². The van der Waals surface area contributed by atoms with Gasteiger partial charge in [0.25, 0.3) is 0 Å². The number of hydrogen-bond acceptors (Lipinski definition) is 4. The molecule has 6 nitrogen and oxygen atoms in total. The Balaban J connectivity index is 2.38. The summed E-state index contributed by atoms with van der Waals surface area (Å²) in [5, 5.41) is 9.13. The van der Waals surface area contributed by atoms with Crippen LogP contribution in [0, 0.1) is 0 Å². The van der Waals surface area contributed by atoms with E-state index in [0.29, 0.717) is 10.6 Å². The first-order chi connectivity index (χ1) is 8.08. The summed E-state index contributed by atoms with van der Waals surface area (Å²) < 4.78 is 6.01. The SMILES string of the molecule is O=C(O)c1occc1Cn1cc(Cl)cnc1=O. The van der Waals surface area contributed by atoms with E-state index in [1.54, 1.807) is 0 Å². The molecule has 0 saturated heterocycles. The van der Waals surface area contributed by atoms with Gasteiger partial charge < -0.3 is 9.52 Å². The molecule has 2 aromatic heterocycles. The van der Waals surface area contributed by atoms with Crippen molar-refractivity contribution in [2.24, 2.45) is 0 Å². The molecular formula is C10H7ClN2O4. The molecule has 0 radical (unpaired) electrons. The third-order valence-electron chi connectivity index (χ3n) is 2.10. The fourth-order valence-corrected chi connectivity index (χ4v) is 1.54. The predicted octanol–water partition coefficient (Wildman–Crippen LogP) is 1.24. The fourth-order valence-electron chi connectivity index (χ4n) is 1.37. The van der Waals surface area contributed by atoms with Gasteiger partial charge in [0, 0.05) is 11.8 Å². The number of carboxylic acid groups (broad SMARTS) is 1. The largest absolute Gasteiger partial charge is 0.475 e. The zero-order valence-corrected chi connectivity index (χ0v) is 9.22. The highest BCUT2D eigenvalue weighted by molar-refractivity contribution is 6.30. The summed E-state index contributed by atoms with van der Waals surface area (Å²) in [6.45, 7) is 0.0462. The third-order valence-corrected chi connectivity index (χ3v) is 2.30. The first kappa shape index (κ1) is 11.4. The highest BCUT2D eigenvalue weighted by atomic mass is 35.5. The van der Waals surface area contributed by atoms with Crippen molar-refractivity contribution in [1.29, 1.82) is 0 Å². The van der Waals surface area contributed by atoms with Gasteiger partial charge in [-0.05, 0) is 6.07 Å². The summed E-state index contributed by atoms with van der Waals surface area (Å²) in [5.41, 5.74) is -0.129. The van der Waals surface area contributed by atoms with Gasteiger partial charge in [-0.1, -0.05) is 11.6 Å². The average molecular weight is 255 g/mol. The predicted molar refractivity (Wildman–Crippen MR) is 58.3 cm³/mol. The molecule has 0 amide bonds. The van der Waals surface area contributed by atoms with E-state index in [1.165, 1.54) is 29.3 Å². The Bertz CT molecular complexity index is 617. The molecular weight excluding hydrogens is 248 g/mol. The van der Waals surface area contributed by atoms with Crippen LogP contribution in [0.1, 0.15) is 16.1 Å². The lowest BCUT2D eigenvalue weighted by molar-refractivity contribution is 0.0660. The minimum absolute atomic E-state index is 0.0462. The van der Waals surface area contributed by atoms with Gasteiger partial charge in [0.1, 0.15) is 0 Å². The van der Waals surface area contributed by atoms with Crippen LogP contribution >= 0.6 is 11.6 Å². The van der Waals surface area contributed by atoms with E-state index in [4.69, 9.17) is 21.1 Å². The molecule has 0 fully saturated rings. The Hall–Kier alpha value is -2.08. The molecule has 0 aliphatic rings. The van der Waals surface area contributed by atoms with Crippen molar-refractivity contribution in [3.63, 3.8) is 0 Å². The maximum Gasteiger partial charge on any atom is 0.372 e. The van der Waals surface area contributed by atoms with Crippen LogP contribution in [-0.2, 0) is 6.54 Å². The lowest BCUT2D eigenvalue weighted by atomic mass is 10.2. The number of rotatable bonds is 3. The van der Waals surface area contributed by atoms with Crippen molar-refractivity contribution in [3.8, 4) is 0 Å². The monoisotopic (exact) mass is 254 g/mol. The molecule has 0 saturated carbocycles. The highest BCUT2D eigenvalue weighted by Crippen LogP contribution is 2.12. The van der Waals surface area contributed by atoms with Crippen LogP contribution in [0.25, 0.3) is 0 Å². The number of nitrogens with zero attached hydrogens (tertiary/aromatic N) is 2. The lowest BCUT2D eigenvalue weighted by Gasteiger charge is -2.03. The van der Waals surface area contributed by atoms with Crippen LogP contribution in [0.2, 0.25) is 5.02 Å². The molecule has 88 valence electrons. The maximum absolute atomic E-state index is 11.4. The molecule has 2 heterocycles. The first-order valence-electron chi connectivity index (χ1n) is 4.59. The van der Waals surface area contributed by atoms with Gasteiger partial charge in [0.15, 0.2) is 0 Å². The van der Waals surface area contributed by atoms with E-state index in [9.17, 15) is 9.59 Å². The fraction of sp³-hybridized carbons (Fsp3) is 0.100. The normalized spacial score (nSPS) is 10.4. The van der Waals surface area contributed by atoms with Crippen LogP contribution in [0.3, 0.4) is 0 Å². The van der Waals surface area contributed by atoms with E-state index in [1.807, 2.05) is 0 Å². The third kappa shape index (κ3) is 2.36. The summed E-state index contributed by atoms with van der Waals surface area (Å²) in [5.74, 6) is -1.38. The van der Waals surface area contributed by atoms with Crippen molar-refractivity contribution < 1.29 is 14.3 Å². The highest BCUT2D eigenvalue weighted by Gasteiger charge is 2.14. The van der Waals surface area contributed by atoms with E-state index in [2.05, 4.69) is 4.98 Å². The van der Waals surface area contributed by atoms with Crippen molar-refractivity contribution in [3.05, 3.63) is 51.6 Å². The summed E-state index contributed by atoms with van der Waals surface area (Å²) in [6.07, 6.45) is 3.87. The molecule has 0 aromatic carbocycles. The number of carbonyl (C=O) groups is 1. The van der Waals surface area contributed by atoms with Gasteiger partial charge in [-0.15, -0.1) is 0 Å². The van der Waals surface area contributed by atoms with Crippen molar-refractivity contribution in [2.45, 2.75) is 6.54 Å². The van der Waals surface area contributed by atoms with Gasteiger partial charge >= 0.3 is 11.7 Å². The smallest absolute Gasteiger partial charge is 0.372 e. The van der Waals surface area contributed by atoms with Gasteiger partial charge in [0.05, 0.1) is 24.0 Å². The number of hydrogen-bond donors (Lipinski definition) is 1. The standard InChI is InChI=1S/C10H7ClN2O4/c11-7-3-12-10(16)13(5-7)4-6-1-2-17-8(6)9(14)15/h1-3,5H,4H2,(H,14,15). The van der Waals surface area contributed by atoms with E-state index in [-0.39, 0.29) is 12.3 Å². The van der Waals surface area contributed by atoms with Gasteiger partial charge in [-0.25, -0.2) is 14.6 Å². The summed E-state index contributed by atoms with van der Waals surface area (Å²) in [7, 11) is 0. The van der Waals surface area contributed by atoms with Gasteiger partial charge in [-0.2, -0.15) is 0 Å². The summed E-state index contributed by atoms with van der Waals surface area (Å²) in [6, 6.07) is 1.48. The zero-order valence-electron chi connectivity index (χ0n) is 8.46. The second-order valence-corrected chi connectivity index (χ2v) is 3.70. The van der Waals surface area contributed by atoms with Crippen LogP contribution in [0.4, 0.5) is 0 Å². The number of aromatic carboxylic acids is 1. The molecule has 1 N–H and O–H groups in total. The quantitative estimate of drug-likeness (QED) is 0.891. The minimum Gasteiger partial charge on any atom is -0.475 e. The second kappa shape index (κ2) is 4.42. The molecule has 0 aliphatic carbocycles. The van der Waals surface area contributed by atoms with Crippen LogP contribution in [0.15, 0.2) is 33.9 Å². The molecule has 0 unspecified atom stereocenters. The molecule has 2 aromatic rings. The second-order valence-electron chi connectivity index (χ2n) is 3.26. The number of carboxylic acids is 1. The average Bonchev–Trinajstić information content (AvgIpc) is 2.71. The molecule has 0 atom stereocenters. The van der Waals surface area contributed by atoms with Crippen LogP contribution in [0.5, 0.6) is 0 Å². The molecule has 0 aliphatic heterocycles. The lowest BCUT2D eigenvalue weighted by Crippen LogP contribution is -2.22.